The van der Waals surface area contributed by atoms with Crippen LogP contribution in [0.15, 0.2) is 72.3 Å². The quantitative estimate of drug-likeness (QED) is 0.0512. The molecule has 1 fully saturated rings. The van der Waals surface area contributed by atoms with Crippen molar-refractivity contribution in [3.8, 4) is 17.2 Å². The van der Waals surface area contributed by atoms with E-state index in [0.717, 1.165) is 41.7 Å². The van der Waals surface area contributed by atoms with Gasteiger partial charge in [0, 0.05) is 5.56 Å². The maximum Gasteiger partial charge on any atom is 0.350 e. The lowest BCUT2D eigenvalue weighted by molar-refractivity contribution is -0.132. The highest BCUT2D eigenvalue weighted by Crippen LogP contribution is 2.45. The van der Waals surface area contributed by atoms with Crippen molar-refractivity contribution in [2.45, 2.75) is 52.7 Å². The molecule has 3 aromatic carbocycles. The summed E-state index contributed by atoms with van der Waals surface area (Å²) in [5.74, 6) is -1.30. The normalized spacial score (nSPS) is 15.4. The molecule has 0 radical (unpaired) electrons. The van der Waals surface area contributed by atoms with Crippen molar-refractivity contribution >= 4 is 39.9 Å². The number of amides is 1. The largest absolute Gasteiger partial charge is 0.507 e. The maximum absolute atomic E-state index is 13.7. The Morgan fingerprint density at radius 3 is 2.40 bits per heavy atom. The van der Waals surface area contributed by atoms with Crippen molar-refractivity contribution in [2.24, 2.45) is 0 Å². The van der Waals surface area contributed by atoms with Crippen LogP contribution in [-0.2, 0) is 20.9 Å². The predicted octanol–water partition coefficient (Wildman–Crippen LogP) is 7.33. The SMILES string of the molecule is CCCCCOc1ccc(C2C(=C(O)c3ccc(OCc4ccccc4C)cc3)C(=O)C(=O)N2c2nc(C)c(C(=O)OC)s2)cc1OC. The second kappa shape index (κ2) is 15.2. The van der Waals surface area contributed by atoms with Gasteiger partial charge < -0.3 is 24.1 Å². The Kier molecular flexibility index (Phi) is 10.8. The molecule has 5 rings (SSSR count). The Morgan fingerprint density at radius 1 is 0.958 bits per heavy atom. The van der Waals surface area contributed by atoms with Crippen LogP contribution in [0, 0.1) is 13.8 Å². The van der Waals surface area contributed by atoms with Crippen molar-refractivity contribution in [3.05, 3.63) is 105 Å². The summed E-state index contributed by atoms with van der Waals surface area (Å²) >= 11 is 0.929. The number of ketones is 1. The fourth-order valence-corrected chi connectivity index (χ4v) is 6.43. The van der Waals surface area contributed by atoms with Crippen LogP contribution < -0.4 is 19.1 Å². The minimum atomic E-state index is -1.10. The Hall–Kier alpha value is -5.16. The topological polar surface area (TPSA) is 124 Å². The van der Waals surface area contributed by atoms with Gasteiger partial charge in [0.15, 0.2) is 16.6 Å². The lowest BCUT2D eigenvalue weighted by Gasteiger charge is -2.24. The number of carbonyl (C=O) groups is 3. The molecular weight excluding hydrogens is 632 g/mol. The zero-order chi connectivity index (χ0) is 34.4. The van der Waals surface area contributed by atoms with E-state index in [1.165, 1.54) is 19.1 Å². The van der Waals surface area contributed by atoms with Crippen molar-refractivity contribution in [3.63, 3.8) is 0 Å². The molecule has 1 amide bonds. The lowest BCUT2D eigenvalue weighted by atomic mass is 9.95. The third-order valence-corrected chi connectivity index (χ3v) is 9.24. The van der Waals surface area contributed by atoms with Gasteiger partial charge in [-0.1, -0.05) is 61.4 Å². The molecule has 0 aliphatic carbocycles. The highest BCUT2D eigenvalue weighted by molar-refractivity contribution is 7.17. The predicted molar refractivity (Wildman–Crippen MR) is 183 cm³/mol. The van der Waals surface area contributed by atoms with Gasteiger partial charge in [-0.3, -0.25) is 14.5 Å². The number of benzene rings is 3. The van der Waals surface area contributed by atoms with Gasteiger partial charge in [-0.05, 0) is 73.4 Å². The minimum Gasteiger partial charge on any atom is -0.507 e. The molecule has 2 heterocycles. The number of rotatable bonds is 13. The van der Waals surface area contributed by atoms with Crippen LogP contribution in [0.5, 0.6) is 17.2 Å². The summed E-state index contributed by atoms with van der Waals surface area (Å²) in [6.45, 7) is 6.61. The minimum absolute atomic E-state index is 0.109. The van der Waals surface area contributed by atoms with Crippen LogP contribution in [-0.4, -0.2) is 48.6 Å². The van der Waals surface area contributed by atoms with Crippen molar-refractivity contribution < 1.29 is 38.4 Å². The zero-order valence-corrected chi connectivity index (χ0v) is 28.4. The number of aliphatic hydroxyl groups is 1. The maximum atomic E-state index is 13.7. The summed E-state index contributed by atoms with van der Waals surface area (Å²) in [6, 6.07) is 18.6. The fraction of sp³-hybridized carbons (Fsp3) is 0.297. The number of methoxy groups -OCH3 is 2. The van der Waals surface area contributed by atoms with Crippen LogP contribution in [0.2, 0.25) is 0 Å². The van der Waals surface area contributed by atoms with Crippen LogP contribution in [0.25, 0.3) is 5.76 Å². The third kappa shape index (κ3) is 7.06. The number of hydrogen-bond acceptors (Lipinski definition) is 10. The Balaban J connectivity index is 1.55. The van der Waals surface area contributed by atoms with Crippen molar-refractivity contribution in [1.82, 2.24) is 4.98 Å². The molecule has 48 heavy (non-hydrogen) atoms. The van der Waals surface area contributed by atoms with E-state index in [9.17, 15) is 19.5 Å². The van der Waals surface area contributed by atoms with E-state index in [1.807, 2.05) is 31.2 Å². The number of ether oxygens (including phenoxy) is 4. The van der Waals surface area contributed by atoms with Gasteiger partial charge in [0.1, 0.15) is 23.0 Å². The Labute approximate surface area is 283 Å². The van der Waals surface area contributed by atoms with Gasteiger partial charge in [-0.2, -0.15) is 0 Å². The summed E-state index contributed by atoms with van der Waals surface area (Å²) in [5, 5.41) is 11.8. The lowest BCUT2D eigenvalue weighted by Crippen LogP contribution is -2.29. The number of Topliss-reactive ketones (excluding diaryl/α,β-unsaturated/α-hetero) is 1. The Morgan fingerprint density at radius 2 is 1.71 bits per heavy atom. The second-order valence-corrected chi connectivity index (χ2v) is 12.3. The molecule has 4 aromatic rings. The number of aromatic nitrogens is 1. The number of anilines is 1. The number of nitrogens with zero attached hydrogens (tertiary/aromatic N) is 2. The number of aryl methyl sites for hydroxylation is 2. The molecular formula is C37H38N2O8S. The number of aliphatic hydroxyl groups excluding tert-OH is 1. The van der Waals surface area contributed by atoms with Crippen LogP contribution in [0.3, 0.4) is 0 Å². The average Bonchev–Trinajstić information content (AvgIpc) is 3.61. The molecule has 11 heteroatoms. The molecule has 1 N–H and O–H groups in total. The van der Waals surface area contributed by atoms with E-state index in [4.69, 9.17) is 18.9 Å². The first-order valence-corrected chi connectivity index (χ1v) is 16.4. The van der Waals surface area contributed by atoms with E-state index in [1.54, 1.807) is 49.4 Å². The van der Waals surface area contributed by atoms with Gasteiger partial charge in [0.2, 0.25) is 0 Å². The highest BCUT2D eigenvalue weighted by atomic mass is 32.1. The first-order chi connectivity index (χ1) is 23.2. The third-order valence-electron chi connectivity index (χ3n) is 8.10. The molecule has 0 spiro atoms. The first-order valence-electron chi connectivity index (χ1n) is 15.6. The van der Waals surface area contributed by atoms with E-state index < -0.39 is 23.7 Å². The van der Waals surface area contributed by atoms with Gasteiger partial charge in [0.25, 0.3) is 5.78 Å². The number of hydrogen-bond donors (Lipinski definition) is 1. The molecule has 0 bridgehead atoms. The molecule has 250 valence electrons. The summed E-state index contributed by atoms with van der Waals surface area (Å²) in [6.07, 6.45) is 2.95. The molecule has 1 aliphatic rings. The monoisotopic (exact) mass is 670 g/mol. The van der Waals surface area contributed by atoms with Gasteiger partial charge in [-0.15, -0.1) is 0 Å². The molecule has 10 nitrogen and oxygen atoms in total. The van der Waals surface area contributed by atoms with E-state index in [2.05, 4.69) is 11.9 Å². The molecule has 0 saturated carbocycles. The standard InChI is InChI=1S/C37H38N2O8S/c1-6-7-10-19-46-28-18-15-25(20-29(28)44-4)31-30(33(41)35(42)39(31)37-38-23(3)34(48-37)36(43)45-5)32(40)24-13-16-27(17-14-24)47-21-26-12-9-8-11-22(26)2/h8-9,11-18,20,31,40H,6-7,10,19,21H2,1-5H3. The second-order valence-electron chi connectivity index (χ2n) is 11.3. The molecule has 1 aliphatic heterocycles. The van der Waals surface area contributed by atoms with Gasteiger partial charge in [-0.25, -0.2) is 9.78 Å². The first kappa shape index (κ1) is 34.2. The van der Waals surface area contributed by atoms with E-state index in [-0.39, 0.29) is 21.3 Å². The Bertz CT molecular complexity index is 1850. The molecule has 1 aromatic heterocycles. The fourth-order valence-electron chi connectivity index (χ4n) is 5.42. The number of thiazole rings is 1. The summed E-state index contributed by atoms with van der Waals surface area (Å²) in [7, 11) is 2.76. The summed E-state index contributed by atoms with van der Waals surface area (Å²) in [5.41, 5.74) is 3.15. The average molecular weight is 671 g/mol. The molecule has 1 atom stereocenters. The van der Waals surface area contributed by atoms with Crippen molar-refractivity contribution in [2.75, 3.05) is 25.7 Å². The zero-order valence-electron chi connectivity index (χ0n) is 27.6. The van der Waals surface area contributed by atoms with E-state index >= 15 is 0 Å². The van der Waals surface area contributed by atoms with E-state index in [0.29, 0.717) is 47.3 Å². The smallest absolute Gasteiger partial charge is 0.350 e. The number of carbonyl (C=O) groups excluding carboxylic acids is 3. The van der Waals surface area contributed by atoms with Crippen LogP contribution >= 0.6 is 11.3 Å². The highest BCUT2D eigenvalue weighted by Gasteiger charge is 2.48. The van der Waals surface area contributed by atoms with Gasteiger partial charge >= 0.3 is 11.9 Å². The summed E-state index contributed by atoms with van der Waals surface area (Å²) < 4.78 is 22.5. The van der Waals surface area contributed by atoms with Crippen LogP contribution in [0.4, 0.5) is 5.13 Å². The van der Waals surface area contributed by atoms with Gasteiger partial charge in [0.05, 0.1) is 38.1 Å². The molecule has 1 unspecified atom stereocenters. The molecule has 1 saturated heterocycles. The van der Waals surface area contributed by atoms with Crippen LogP contribution in [0.1, 0.15) is 69.8 Å². The summed E-state index contributed by atoms with van der Waals surface area (Å²) in [4.78, 5) is 45.8. The number of esters is 1. The number of unbranched alkanes of at least 4 members (excludes halogenated alkanes) is 2. The van der Waals surface area contributed by atoms with Crippen molar-refractivity contribution in [1.29, 1.82) is 0 Å².